The van der Waals surface area contributed by atoms with Crippen molar-refractivity contribution in [2.75, 3.05) is 10.6 Å². The van der Waals surface area contributed by atoms with Crippen LogP contribution < -0.4 is 16.0 Å². The zero-order chi connectivity index (χ0) is 34.0. The molecule has 5 aromatic carbocycles. The molecule has 5 rings (SSSR count). The minimum absolute atomic E-state index is 0.0825. The zero-order valence-corrected chi connectivity index (χ0v) is 28.6. The summed E-state index contributed by atoms with van der Waals surface area (Å²) in [5.41, 5.74) is 4.12. The van der Waals surface area contributed by atoms with E-state index in [1.807, 2.05) is 66.7 Å². The van der Waals surface area contributed by atoms with Crippen LogP contribution in [0, 0.1) is 0 Å². The maximum absolute atomic E-state index is 13.7. The van der Waals surface area contributed by atoms with Crippen molar-refractivity contribution in [3.63, 3.8) is 0 Å². The highest BCUT2D eigenvalue weighted by molar-refractivity contribution is 8.00. The quantitative estimate of drug-likeness (QED) is 0.0949. The number of nitrogens with one attached hydrogen (secondary N) is 3. The Morgan fingerprint density at radius 2 is 1.38 bits per heavy atom. The predicted molar refractivity (Wildman–Crippen MR) is 198 cm³/mol. The summed E-state index contributed by atoms with van der Waals surface area (Å²) in [7, 11) is 0. The second-order valence-electron chi connectivity index (χ2n) is 11.2. The molecule has 0 aliphatic rings. The van der Waals surface area contributed by atoms with Crippen LogP contribution in [0.5, 0.6) is 0 Å². The van der Waals surface area contributed by atoms with E-state index in [0.29, 0.717) is 27.9 Å². The molecule has 5 aromatic rings. The number of hydrogen-bond acceptors (Lipinski definition) is 4. The zero-order valence-electron chi connectivity index (χ0n) is 26.2. The van der Waals surface area contributed by atoms with Crippen molar-refractivity contribution in [1.82, 2.24) is 5.32 Å². The number of thioether (sulfide) groups is 1. The largest absolute Gasteiger partial charge is 0.323 e. The van der Waals surface area contributed by atoms with E-state index in [4.69, 9.17) is 23.2 Å². The summed E-state index contributed by atoms with van der Waals surface area (Å²) in [6.07, 6.45) is 1.65. The van der Waals surface area contributed by atoms with E-state index >= 15 is 0 Å². The highest BCUT2D eigenvalue weighted by Crippen LogP contribution is 2.38. The van der Waals surface area contributed by atoms with Crippen LogP contribution in [-0.4, -0.2) is 17.7 Å². The van der Waals surface area contributed by atoms with Crippen molar-refractivity contribution in [1.29, 1.82) is 0 Å². The average molecular weight is 695 g/mol. The Morgan fingerprint density at radius 3 is 2.06 bits per heavy atom. The van der Waals surface area contributed by atoms with Crippen LogP contribution in [-0.2, 0) is 9.59 Å². The number of halogens is 2. The van der Waals surface area contributed by atoms with Crippen LogP contribution >= 0.6 is 35.0 Å². The van der Waals surface area contributed by atoms with Gasteiger partial charge in [0, 0.05) is 16.1 Å². The van der Waals surface area contributed by atoms with Crippen molar-refractivity contribution in [3.8, 4) is 0 Å². The molecule has 6 nitrogen and oxygen atoms in total. The van der Waals surface area contributed by atoms with Gasteiger partial charge in [0.25, 0.3) is 11.8 Å². The molecule has 0 saturated heterocycles. The molecule has 0 bridgehead atoms. The van der Waals surface area contributed by atoms with Crippen molar-refractivity contribution in [3.05, 3.63) is 165 Å². The van der Waals surface area contributed by atoms with Gasteiger partial charge in [0.2, 0.25) is 5.91 Å². The SMILES string of the molecule is CC(C)c1ccc(/C=C(/NC(=O)c2ccccc2)C(=O)Nc2cccc(SC(C(=O)Nc3cccc(Cl)c3Cl)c3ccccc3)c2)cc1. The second kappa shape index (κ2) is 16.3. The Kier molecular flexibility index (Phi) is 11.7. The summed E-state index contributed by atoms with van der Waals surface area (Å²) >= 11 is 13.9. The molecular formula is C39H33Cl2N3O3S. The number of hydrogen-bond donors (Lipinski definition) is 3. The molecule has 3 N–H and O–H groups in total. The number of carbonyl (C=O) groups excluding carboxylic acids is 3. The molecular weight excluding hydrogens is 661 g/mol. The first kappa shape index (κ1) is 34.5. The molecule has 3 amide bonds. The molecule has 9 heteroatoms. The van der Waals surface area contributed by atoms with Gasteiger partial charge in [-0.25, -0.2) is 0 Å². The van der Waals surface area contributed by atoms with Crippen LogP contribution in [0.15, 0.2) is 138 Å². The van der Waals surface area contributed by atoms with Gasteiger partial charge in [0.05, 0.1) is 15.7 Å². The lowest BCUT2D eigenvalue weighted by Crippen LogP contribution is -2.30. The van der Waals surface area contributed by atoms with Gasteiger partial charge in [-0.2, -0.15) is 0 Å². The van der Waals surface area contributed by atoms with Gasteiger partial charge in [0.1, 0.15) is 10.9 Å². The number of carbonyl (C=O) groups is 3. The molecule has 0 radical (unpaired) electrons. The fourth-order valence-electron chi connectivity index (χ4n) is 4.77. The van der Waals surface area contributed by atoms with Gasteiger partial charge in [0.15, 0.2) is 0 Å². The summed E-state index contributed by atoms with van der Waals surface area (Å²) in [4.78, 5) is 41.2. The summed E-state index contributed by atoms with van der Waals surface area (Å²) in [6.45, 7) is 4.22. The van der Waals surface area contributed by atoms with Gasteiger partial charge in [-0.1, -0.05) is 122 Å². The van der Waals surface area contributed by atoms with Crippen LogP contribution in [0.1, 0.15) is 52.1 Å². The standard InChI is InChI=1S/C39H33Cl2N3O3S/c1-25(2)27-21-19-26(20-22-27)23-34(44-37(45)29-13-7-4-8-14-29)38(46)42-30-15-9-16-31(24-30)48-36(28-11-5-3-6-12-28)39(47)43-33-18-10-17-32(40)35(33)41/h3-25,36H,1-2H3,(H,42,46)(H,43,47)(H,44,45)/b34-23+. The maximum Gasteiger partial charge on any atom is 0.272 e. The van der Waals surface area contributed by atoms with Crippen molar-refractivity contribution >= 4 is 70.1 Å². The highest BCUT2D eigenvalue weighted by Gasteiger charge is 2.24. The first-order chi connectivity index (χ1) is 23.2. The third-order valence-corrected chi connectivity index (χ3v) is 9.41. The second-order valence-corrected chi connectivity index (χ2v) is 13.1. The fourth-order valence-corrected chi connectivity index (χ4v) is 6.20. The van der Waals surface area contributed by atoms with Gasteiger partial charge in [-0.05, 0) is 71.1 Å². The van der Waals surface area contributed by atoms with Gasteiger partial charge >= 0.3 is 0 Å². The summed E-state index contributed by atoms with van der Waals surface area (Å²) in [5, 5.41) is 8.55. The summed E-state index contributed by atoms with van der Waals surface area (Å²) in [5.74, 6) is -0.836. The third kappa shape index (κ3) is 9.16. The Labute approximate surface area is 294 Å². The van der Waals surface area contributed by atoms with Crippen LogP contribution in [0.4, 0.5) is 11.4 Å². The number of anilines is 2. The monoisotopic (exact) mass is 693 g/mol. The molecule has 0 spiro atoms. The smallest absolute Gasteiger partial charge is 0.272 e. The minimum Gasteiger partial charge on any atom is -0.323 e. The number of amides is 3. The Balaban J connectivity index is 1.39. The molecule has 0 fully saturated rings. The molecule has 0 heterocycles. The van der Waals surface area contributed by atoms with E-state index in [-0.39, 0.29) is 16.6 Å². The molecule has 242 valence electrons. The van der Waals surface area contributed by atoms with Gasteiger partial charge < -0.3 is 16.0 Å². The molecule has 0 saturated carbocycles. The average Bonchev–Trinajstić information content (AvgIpc) is 3.10. The van der Waals surface area contributed by atoms with Crippen LogP contribution in [0.2, 0.25) is 10.0 Å². The molecule has 1 unspecified atom stereocenters. The molecule has 0 aliphatic heterocycles. The first-order valence-corrected chi connectivity index (χ1v) is 16.9. The lowest BCUT2D eigenvalue weighted by Gasteiger charge is -2.18. The molecule has 0 aromatic heterocycles. The fraction of sp³-hybridized carbons (Fsp3) is 0.103. The normalized spacial score (nSPS) is 11.9. The minimum atomic E-state index is -0.651. The summed E-state index contributed by atoms with van der Waals surface area (Å²) in [6, 6.07) is 38.2. The van der Waals surface area contributed by atoms with Gasteiger partial charge in [-0.3, -0.25) is 14.4 Å². The van der Waals surface area contributed by atoms with E-state index in [9.17, 15) is 14.4 Å². The van der Waals surface area contributed by atoms with Crippen molar-refractivity contribution in [2.45, 2.75) is 29.9 Å². The van der Waals surface area contributed by atoms with Crippen molar-refractivity contribution in [2.24, 2.45) is 0 Å². The van der Waals surface area contributed by atoms with E-state index < -0.39 is 17.1 Å². The molecule has 1 atom stereocenters. The van der Waals surface area contributed by atoms with Crippen LogP contribution in [0.25, 0.3) is 6.08 Å². The lowest BCUT2D eigenvalue weighted by molar-refractivity contribution is -0.116. The lowest BCUT2D eigenvalue weighted by atomic mass is 10.0. The third-order valence-electron chi connectivity index (χ3n) is 7.34. The molecule has 0 aliphatic carbocycles. The number of benzene rings is 5. The van der Waals surface area contributed by atoms with Crippen molar-refractivity contribution < 1.29 is 14.4 Å². The topological polar surface area (TPSA) is 87.3 Å². The maximum atomic E-state index is 13.7. The first-order valence-electron chi connectivity index (χ1n) is 15.2. The van der Waals surface area contributed by atoms with E-state index in [1.54, 1.807) is 66.7 Å². The van der Waals surface area contributed by atoms with Crippen LogP contribution in [0.3, 0.4) is 0 Å². The summed E-state index contributed by atoms with van der Waals surface area (Å²) < 4.78 is 0. The van der Waals surface area contributed by atoms with E-state index in [1.165, 1.54) is 17.3 Å². The predicted octanol–water partition coefficient (Wildman–Crippen LogP) is 10.00. The Bertz CT molecular complexity index is 1930. The van der Waals surface area contributed by atoms with E-state index in [0.717, 1.165) is 16.0 Å². The van der Waals surface area contributed by atoms with Gasteiger partial charge in [-0.15, -0.1) is 11.8 Å². The van der Waals surface area contributed by atoms with E-state index in [2.05, 4.69) is 29.8 Å². The highest BCUT2D eigenvalue weighted by atomic mass is 35.5. The molecule has 48 heavy (non-hydrogen) atoms. The Morgan fingerprint density at radius 1 is 0.708 bits per heavy atom. The number of rotatable bonds is 11. The Hall–Kier alpha value is -4.82.